The lowest BCUT2D eigenvalue weighted by molar-refractivity contribution is -0.141. The highest BCUT2D eigenvalue weighted by Crippen LogP contribution is 2.19. The fourth-order valence-corrected chi connectivity index (χ4v) is 2.04. The van der Waals surface area contributed by atoms with Crippen molar-refractivity contribution < 1.29 is 14.7 Å². The molecule has 1 saturated heterocycles. The normalized spacial score (nSPS) is 19.4. The molecule has 5 nitrogen and oxygen atoms in total. The zero-order valence-corrected chi connectivity index (χ0v) is 9.72. The summed E-state index contributed by atoms with van der Waals surface area (Å²) in [6.07, 6.45) is 1.96. The van der Waals surface area contributed by atoms with Gasteiger partial charge in [-0.1, -0.05) is 11.6 Å². The van der Waals surface area contributed by atoms with Gasteiger partial charge in [0.15, 0.2) is 0 Å². The number of hydrogen-bond donors (Lipinski definition) is 1. The number of hydrogen-bond acceptors (Lipinski definition) is 3. The molecule has 90 valence electrons. The minimum absolute atomic E-state index is 0.196. The number of rotatable bonds is 2. The number of carboxylic acid groups (broad SMARTS) is 1. The molecule has 17 heavy (non-hydrogen) atoms. The molecule has 2 heterocycles. The highest BCUT2D eigenvalue weighted by atomic mass is 35.5. The minimum atomic E-state index is -0.854. The zero-order chi connectivity index (χ0) is 12.4. The lowest BCUT2D eigenvalue weighted by Crippen LogP contribution is -2.29. The van der Waals surface area contributed by atoms with E-state index in [1.807, 2.05) is 0 Å². The first-order valence-corrected chi connectivity index (χ1v) is 5.59. The van der Waals surface area contributed by atoms with Crippen LogP contribution in [0.25, 0.3) is 0 Å². The van der Waals surface area contributed by atoms with Crippen LogP contribution in [-0.2, 0) is 4.79 Å². The molecule has 1 aliphatic rings. The Morgan fingerprint density at radius 2 is 2.29 bits per heavy atom. The Bertz CT molecular complexity index is 464. The molecule has 0 spiro atoms. The van der Waals surface area contributed by atoms with Crippen LogP contribution in [0.5, 0.6) is 0 Å². The molecule has 0 bridgehead atoms. The van der Waals surface area contributed by atoms with Gasteiger partial charge in [-0.05, 0) is 18.6 Å². The van der Waals surface area contributed by atoms with Crippen molar-refractivity contribution in [3.05, 3.63) is 29.0 Å². The Morgan fingerprint density at radius 3 is 2.88 bits per heavy atom. The maximum absolute atomic E-state index is 12.0. The highest BCUT2D eigenvalue weighted by Gasteiger charge is 2.31. The van der Waals surface area contributed by atoms with Gasteiger partial charge in [0.1, 0.15) is 5.15 Å². The van der Waals surface area contributed by atoms with Gasteiger partial charge in [0.2, 0.25) is 0 Å². The number of pyridine rings is 1. The molecule has 1 amide bonds. The average Bonchev–Trinajstić information content (AvgIpc) is 2.77. The van der Waals surface area contributed by atoms with Crippen molar-refractivity contribution in [2.24, 2.45) is 5.92 Å². The summed E-state index contributed by atoms with van der Waals surface area (Å²) in [5, 5.41) is 9.11. The Hall–Kier alpha value is -1.62. The molecule has 0 aliphatic carbocycles. The van der Waals surface area contributed by atoms with E-state index in [0.29, 0.717) is 18.5 Å². The molecule has 0 saturated carbocycles. The maximum atomic E-state index is 12.0. The number of amides is 1. The molecule has 1 aromatic rings. The second kappa shape index (κ2) is 4.71. The van der Waals surface area contributed by atoms with E-state index in [9.17, 15) is 9.59 Å². The van der Waals surface area contributed by atoms with Crippen LogP contribution < -0.4 is 0 Å². The fraction of sp³-hybridized carbons (Fsp3) is 0.364. The quantitative estimate of drug-likeness (QED) is 0.807. The number of carbonyl (C=O) groups is 2. The maximum Gasteiger partial charge on any atom is 0.308 e. The molecular weight excluding hydrogens is 244 g/mol. The smallest absolute Gasteiger partial charge is 0.308 e. The predicted octanol–water partition coefficient (Wildman–Crippen LogP) is 1.28. The molecule has 2 rings (SSSR count). The summed E-state index contributed by atoms with van der Waals surface area (Å²) in [6.45, 7) is 0.726. The first-order valence-electron chi connectivity index (χ1n) is 5.21. The first-order chi connectivity index (χ1) is 8.08. The van der Waals surface area contributed by atoms with Crippen LogP contribution in [0.3, 0.4) is 0 Å². The second-order valence-electron chi connectivity index (χ2n) is 3.94. The van der Waals surface area contributed by atoms with Crippen molar-refractivity contribution in [2.45, 2.75) is 6.42 Å². The lowest BCUT2D eigenvalue weighted by Gasteiger charge is -2.15. The fourth-order valence-electron chi connectivity index (χ4n) is 1.86. The van der Waals surface area contributed by atoms with Crippen LogP contribution in [0.15, 0.2) is 18.3 Å². The number of aromatic nitrogens is 1. The minimum Gasteiger partial charge on any atom is -0.481 e. The van der Waals surface area contributed by atoms with Gasteiger partial charge in [0.05, 0.1) is 5.92 Å². The third kappa shape index (κ3) is 2.55. The largest absolute Gasteiger partial charge is 0.481 e. The van der Waals surface area contributed by atoms with Crippen molar-refractivity contribution in [3.63, 3.8) is 0 Å². The van der Waals surface area contributed by atoms with E-state index in [2.05, 4.69) is 4.98 Å². The number of likely N-dealkylation sites (tertiary alicyclic amines) is 1. The molecular formula is C11H11ClN2O3. The lowest BCUT2D eigenvalue weighted by atomic mass is 10.1. The van der Waals surface area contributed by atoms with Gasteiger partial charge in [-0.25, -0.2) is 4.98 Å². The van der Waals surface area contributed by atoms with Crippen LogP contribution in [0.1, 0.15) is 16.8 Å². The Labute approximate surface area is 103 Å². The molecule has 1 fully saturated rings. The van der Waals surface area contributed by atoms with Gasteiger partial charge in [-0.2, -0.15) is 0 Å². The van der Waals surface area contributed by atoms with Crippen molar-refractivity contribution in [1.29, 1.82) is 0 Å². The van der Waals surface area contributed by atoms with Gasteiger partial charge >= 0.3 is 5.97 Å². The topological polar surface area (TPSA) is 70.5 Å². The van der Waals surface area contributed by atoms with Gasteiger partial charge in [0.25, 0.3) is 5.91 Å². The van der Waals surface area contributed by atoms with E-state index < -0.39 is 11.9 Å². The Balaban J connectivity index is 2.09. The molecule has 0 unspecified atom stereocenters. The summed E-state index contributed by atoms with van der Waals surface area (Å²) >= 11 is 5.70. The van der Waals surface area contributed by atoms with E-state index in [4.69, 9.17) is 16.7 Å². The van der Waals surface area contributed by atoms with E-state index >= 15 is 0 Å². The standard InChI is InChI=1S/C11H11ClN2O3/c12-9-5-7(1-3-13-9)10(15)14-4-2-8(6-14)11(16)17/h1,3,5,8H,2,4,6H2,(H,16,17)/t8-/m1/s1. The molecule has 1 aliphatic heterocycles. The number of nitrogens with zero attached hydrogens (tertiary/aromatic N) is 2. The molecule has 0 aromatic carbocycles. The van der Waals surface area contributed by atoms with E-state index in [0.717, 1.165) is 0 Å². The summed E-state index contributed by atoms with van der Waals surface area (Å²) in [5.41, 5.74) is 0.441. The van der Waals surface area contributed by atoms with Crippen LogP contribution in [0.4, 0.5) is 0 Å². The predicted molar refractivity (Wildman–Crippen MR) is 60.9 cm³/mol. The summed E-state index contributed by atoms with van der Waals surface area (Å²) < 4.78 is 0. The van der Waals surface area contributed by atoms with Crippen LogP contribution >= 0.6 is 11.6 Å². The van der Waals surface area contributed by atoms with Crippen LogP contribution in [0, 0.1) is 5.92 Å². The first kappa shape index (κ1) is 11.9. The molecule has 1 aromatic heterocycles. The molecule has 6 heteroatoms. The number of aliphatic carboxylic acids is 1. The summed E-state index contributed by atoms with van der Waals surface area (Å²) in [5.74, 6) is -1.51. The highest BCUT2D eigenvalue weighted by molar-refractivity contribution is 6.29. The number of carboxylic acids is 1. The summed E-state index contributed by atoms with van der Waals surface area (Å²) in [6, 6.07) is 3.06. The van der Waals surface area contributed by atoms with Crippen LogP contribution in [-0.4, -0.2) is 40.0 Å². The van der Waals surface area contributed by atoms with E-state index in [1.54, 1.807) is 6.07 Å². The SMILES string of the molecule is O=C(O)[C@@H]1CCN(C(=O)c2ccnc(Cl)c2)C1. The summed E-state index contributed by atoms with van der Waals surface area (Å²) in [4.78, 5) is 28.1. The molecule has 1 atom stereocenters. The van der Waals surface area contributed by atoms with Crippen LogP contribution in [0.2, 0.25) is 5.15 Å². The number of carbonyl (C=O) groups excluding carboxylic acids is 1. The summed E-state index contributed by atoms with van der Waals surface area (Å²) in [7, 11) is 0. The molecule has 0 radical (unpaired) electrons. The zero-order valence-electron chi connectivity index (χ0n) is 8.97. The van der Waals surface area contributed by atoms with Crippen molar-refractivity contribution in [3.8, 4) is 0 Å². The monoisotopic (exact) mass is 254 g/mol. The van der Waals surface area contributed by atoms with E-state index in [-0.39, 0.29) is 17.6 Å². The third-order valence-electron chi connectivity index (χ3n) is 2.80. The Kier molecular flexibility index (Phi) is 3.28. The Morgan fingerprint density at radius 1 is 1.53 bits per heavy atom. The van der Waals surface area contributed by atoms with E-state index in [1.165, 1.54) is 17.2 Å². The van der Waals surface area contributed by atoms with Gasteiger partial charge < -0.3 is 10.0 Å². The average molecular weight is 255 g/mol. The van der Waals surface area contributed by atoms with Crippen molar-refractivity contribution in [2.75, 3.05) is 13.1 Å². The number of halogens is 1. The van der Waals surface area contributed by atoms with Gasteiger partial charge in [-0.3, -0.25) is 9.59 Å². The van der Waals surface area contributed by atoms with Crippen molar-refractivity contribution >= 4 is 23.5 Å². The third-order valence-corrected chi connectivity index (χ3v) is 3.00. The molecule has 1 N–H and O–H groups in total. The second-order valence-corrected chi connectivity index (χ2v) is 4.33. The van der Waals surface area contributed by atoms with Gasteiger partial charge in [0, 0.05) is 24.8 Å². The van der Waals surface area contributed by atoms with Gasteiger partial charge in [-0.15, -0.1) is 0 Å². The van der Waals surface area contributed by atoms with Crippen molar-refractivity contribution in [1.82, 2.24) is 9.88 Å².